The van der Waals surface area contributed by atoms with Crippen molar-refractivity contribution < 1.29 is 0 Å². The van der Waals surface area contributed by atoms with E-state index in [9.17, 15) is 0 Å². The minimum Gasteiger partial charge on any atom is -0.317 e. The number of likely N-dealkylation sites (tertiary alicyclic amines) is 1. The van der Waals surface area contributed by atoms with Gasteiger partial charge in [-0.15, -0.1) is 0 Å². The quantitative estimate of drug-likeness (QED) is 0.813. The highest BCUT2D eigenvalue weighted by Gasteiger charge is 2.28. The zero-order valence-corrected chi connectivity index (χ0v) is 11.9. The average Bonchev–Trinajstić information content (AvgIpc) is 2.32. The Balaban J connectivity index is 1.79. The smallest absolute Gasteiger partial charge is 0.0114 e. The molecule has 1 saturated heterocycles. The Morgan fingerprint density at radius 3 is 2.47 bits per heavy atom. The maximum absolute atomic E-state index is 3.46. The first-order valence-electron chi connectivity index (χ1n) is 7.60. The lowest BCUT2D eigenvalue weighted by atomic mass is 9.79. The van der Waals surface area contributed by atoms with Crippen molar-refractivity contribution in [2.45, 2.75) is 52.0 Å². The van der Waals surface area contributed by atoms with Gasteiger partial charge in [0.15, 0.2) is 0 Å². The van der Waals surface area contributed by atoms with Crippen molar-refractivity contribution in [2.75, 3.05) is 26.7 Å². The van der Waals surface area contributed by atoms with E-state index in [2.05, 4.69) is 31.1 Å². The van der Waals surface area contributed by atoms with Crippen LogP contribution in [0.1, 0.15) is 46.0 Å². The van der Waals surface area contributed by atoms with Crippen LogP contribution in [0.25, 0.3) is 0 Å². The fraction of sp³-hybridized carbons (Fsp3) is 1.00. The average molecular weight is 238 g/mol. The molecule has 0 radical (unpaired) electrons. The van der Waals surface area contributed by atoms with Crippen LogP contribution in [0, 0.1) is 17.8 Å². The van der Waals surface area contributed by atoms with Crippen LogP contribution in [0.5, 0.6) is 0 Å². The number of piperidine rings is 1. The fourth-order valence-corrected chi connectivity index (χ4v) is 3.82. The van der Waals surface area contributed by atoms with Gasteiger partial charge in [0.05, 0.1) is 0 Å². The predicted molar refractivity (Wildman–Crippen MR) is 74.2 cm³/mol. The van der Waals surface area contributed by atoms with Crippen molar-refractivity contribution in [1.82, 2.24) is 10.2 Å². The second kappa shape index (κ2) is 6.19. The van der Waals surface area contributed by atoms with Crippen LogP contribution in [0.3, 0.4) is 0 Å². The normalized spacial score (nSPS) is 40.4. The van der Waals surface area contributed by atoms with Crippen LogP contribution in [0.2, 0.25) is 0 Å². The molecule has 1 aliphatic heterocycles. The van der Waals surface area contributed by atoms with Gasteiger partial charge in [-0.05, 0) is 44.2 Å². The fourth-order valence-electron chi connectivity index (χ4n) is 3.82. The van der Waals surface area contributed by atoms with E-state index in [-0.39, 0.29) is 0 Å². The topological polar surface area (TPSA) is 15.3 Å². The third-order valence-corrected chi connectivity index (χ3v) is 5.14. The van der Waals surface area contributed by atoms with Gasteiger partial charge in [0.25, 0.3) is 0 Å². The van der Waals surface area contributed by atoms with Gasteiger partial charge in [-0.3, -0.25) is 0 Å². The first kappa shape index (κ1) is 13.4. The van der Waals surface area contributed by atoms with E-state index < -0.39 is 0 Å². The zero-order chi connectivity index (χ0) is 12.3. The van der Waals surface area contributed by atoms with Crippen molar-refractivity contribution in [1.29, 1.82) is 0 Å². The van der Waals surface area contributed by atoms with E-state index in [0.717, 1.165) is 23.8 Å². The molecule has 100 valence electrons. The molecule has 1 heterocycles. The van der Waals surface area contributed by atoms with Gasteiger partial charge in [-0.25, -0.2) is 0 Å². The summed E-state index contributed by atoms with van der Waals surface area (Å²) in [5, 5.41) is 3.46. The zero-order valence-electron chi connectivity index (χ0n) is 11.9. The Kier molecular flexibility index (Phi) is 4.87. The number of hydrogen-bond donors (Lipinski definition) is 1. The molecule has 1 N–H and O–H groups in total. The van der Waals surface area contributed by atoms with Gasteiger partial charge in [0, 0.05) is 19.1 Å². The molecule has 0 aromatic rings. The van der Waals surface area contributed by atoms with Gasteiger partial charge >= 0.3 is 0 Å². The molecule has 0 amide bonds. The third-order valence-electron chi connectivity index (χ3n) is 5.14. The predicted octanol–water partition coefficient (Wildman–Crippen LogP) is 2.74. The summed E-state index contributed by atoms with van der Waals surface area (Å²) in [6, 6.07) is 0.745. The summed E-state index contributed by atoms with van der Waals surface area (Å²) in [4.78, 5) is 2.73. The molecule has 1 aliphatic carbocycles. The van der Waals surface area contributed by atoms with Gasteiger partial charge < -0.3 is 10.2 Å². The van der Waals surface area contributed by atoms with Gasteiger partial charge in [0.1, 0.15) is 0 Å². The third kappa shape index (κ3) is 3.45. The highest BCUT2D eigenvalue weighted by atomic mass is 15.1. The van der Waals surface area contributed by atoms with Gasteiger partial charge in [-0.1, -0.05) is 33.1 Å². The lowest BCUT2D eigenvalue weighted by Gasteiger charge is -2.40. The number of nitrogens with one attached hydrogen (secondary N) is 1. The largest absolute Gasteiger partial charge is 0.317 e. The molecular formula is C15H30N2. The Bertz CT molecular complexity index is 229. The molecule has 2 heteroatoms. The standard InChI is InChI=1S/C15H30N2/c1-12-6-4-5-7-14(12)11-17-9-8-15(16-3)13(2)10-17/h12-16H,4-11H2,1-3H3. The Morgan fingerprint density at radius 1 is 1.06 bits per heavy atom. The van der Waals surface area contributed by atoms with Crippen LogP contribution in [-0.2, 0) is 0 Å². The van der Waals surface area contributed by atoms with E-state index in [0.29, 0.717) is 0 Å². The molecule has 4 atom stereocenters. The van der Waals surface area contributed by atoms with Crippen molar-refractivity contribution >= 4 is 0 Å². The van der Waals surface area contributed by atoms with Crippen LogP contribution in [0.4, 0.5) is 0 Å². The summed E-state index contributed by atoms with van der Waals surface area (Å²) in [5.41, 5.74) is 0. The molecule has 2 aliphatic rings. The molecule has 0 spiro atoms. The number of rotatable bonds is 3. The van der Waals surface area contributed by atoms with E-state index >= 15 is 0 Å². The highest BCUT2D eigenvalue weighted by molar-refractivity contribution is 4.84. The maximum atomic E-state index is 3.46. The molecule has 17 heavy (non-hydrogen) atoms. The molecule has 0 aromatic carbocycles. The van der Waals surface area contributed by atoms with Crippen molar-refractivity contribution in [2.24, 2.45) is 17.8 Å². The van der Waals surface area contributed by atoms with Crippen LogP contribution in [-0.4, -0.2) is 37.6 Å². The monoisotopic (exact) mass is 238 g/mol. The summed E-state index contributed by atoms with van der Waals surface area (Å²) < 4.78 is 0. The van der Waals surface area contributed by atoms with Gasteiger partial charge in [0.2, 0.25) is 0 Å². The van der Waals surface area contributed by atoms with E-state index in [4.69, 9.17) is 0 Å². The molecule has 0 aromatic heterocycles. The molecule has 2 fully saturated rings. The first-order valence-corrected chi connectivity index (χ1v) is 7.60. The van der Waals surface area contributed by atoms with Crippen molar-refractivity contribution in [3.8, 4) is 0 Å². The molecule has 0 bridgehead atoms. The summed E-state index contributed by atoms with van der Waals surface area (Å²) >= 11 is 0. The summed E-state index contributed by atoms with van der Waals surface area (Å²) in [5.74, 6) is 2.75. The van der Waals surface area contributed by atoms with E-state index in [1.165, 1.54) is 51.7 Å². The molecule has 2 nitrogen and oxygen atoms in total. The van der Waals surface area contributed by atoms with Crippen molar-refractivity contribution in [3.05, 3.63) is 0 Å². The summed E-state index contributed by atoms with van der Waals surface area (Å²) in [6.07, 6.45) is 7.21. The van der Waals surface area contributed by atoms with E-state index in [1.807, 2.05) is 0 Å². The maximum Gasteiger partial charge on any atom is 0.0114 e. The second-order valence-electron chi connectivity index (χ2n) is 6.44. The first-order chi connectivity index (χ1) is 8.20. The Hall–Kier alpha value is -0.0800. The second-order valence-corrected chi connectivity index (χ2v) is 6.44. The van der Waals surface area contributed by atoms with Crippen LogP contribution in [0.15, 0.2) is 0 Å². The molecule has 2 rings (SSSR count). The van der Waals surface area contributed by atoms with Gasteiger partial charge in [-0.2, -0.15) is 0 Å². The number of nitrogens with zero attached hydrogens (tertiary/aromatic N) is 1. The lowest BCUT2D eigenvalue weighted by molar-refractivity contribution is 0.103. The molecular weight excluding hydrogens is 208 g/mol. The van der Waals surface area contributed by atoms with Crippen molar-refractivity contribution in [3.63, 3.8) is 0 Å². The van der Waals surface area contributed by atoms with E-state index in [1.54, 1.807) is 0 Å². The van der Waals surface area contributed by atoms with Crippen LogP contribution >= 0.6 is 0 Å². The minimum atomic E-state index is 0.745. The summed E-state index contributed by atoms with van der Waals surface area (Å²) in [7, 11) is 2.11. The Labute approximate surface area is 107 Å². The molecule has 4 unspecified atom stereocenters. The summed E-state index contributed by atoms with van der Waals surface area (Å²) in [6.45, 7) is 8.83. The Morgan fingerprint density at radius 2 is 1.82 bits per heavy atom. The van der Waals surface area contributed by atoms with Crippen LogP contribution < -0.4 is 5.32 Å². The highest BCUT2D eigenvalue weighted by Crippen LogP contribution is 2.31. The molecule has 1 saturated carbocycles. The lowest BCUT2D eigenvalue weighted by Crippen LogP contribution is -2.49. The SMILES string of the molecule is CNC1CCN(CC2CCCCC2C)CC1C. The number of hydrogen-bond acceptors (Lipinski definition) is 2. The minimum absolute atomic E-state index is 0.745.